The molecule has 0 saturated heterocycles. The van der Waals surface area contributed by atoms with Crippen molar-refractivity contribution in [3.63, 3.8) is 0 Å². The van der Waals surface area contributed by atoms with Crippen molar-refractivity contribution in [2.45, 2.75) is 49.5 Å². The maximum atomic E-state index is 13.5. The first kappa shape index (κ1) is 23.2. The van der Waals surface area contributed by atoms with E-state index < -0.39 is 40.1 Å². The van der Waals surface area contributed by atoms with Gasteiger partial charge in [-0.3, -0.25) is 4.79 Å². The van der Waals surface area contributed by atoms with Crippen molar-refractivity contribution < 1.29 is 22.4 Å². The van der Waals surface area contributed by atoms with Crippen LogP contribution in [-0.2, 0) is 15.7 Å². The SMILES string of the molecule is Cl.NC(=O)C1(c2cccc(F)c2F)CCC1.NC1(c2cccc(F)c2F)CCC1. The topological polar surface area (TPSA) is 69.1 Å². The van der Waals surface area contributed by atoms with E-state index in [2.05, 4.69) is 0 Å². The molecule has 0 atom stereocenters. The Labute approximate surface area is 172 Å². The Balaban J connectivity index is 0.000000202. The summed E-state index contributed by atoms with van der Waals surface area (Å²) in [5.41, 5.74) is 9.96. The van der Waals surface area contributed by atoms with Crippen LogP contribution in [0.2, 0.25) is 0 Å². The van der Waals surface area contributed by atoms with E-state index >= 15 is 0 Å². The van der Waals surface area contributed by atoms with Crippen LogP contribution in [0.3, 0.4) is 0 Å². The number of nitrogens with two attached hydrogens (primary N) is 2. The highest BCUT2D eigenvalue weighted by molar-refractivity contribution is 5.87. The number of benzene rings is 2. The number of hydrogen-bond donors (Lipinski definition) is 2. The summed E-state index contributed by atoms with van der Waals surface area (Å²) in [6, 6.07) is 8.05. The molecule has 4 N–H and O–H groups in total. The van der Waals surface area contributed by atoms with Gasteiger partial charge in [-0.2, -0.15) is 0 Å². The van der Waals surface area contributed by atoms with Crippen molar-refractivity contribution in [3.8, 4) is 0 Å². The maximum absolute atomic E-state index is 13.5. The Morgan fingerprint density at radius 2 is 1.24 bits per heavy atom. The van der Waals surface area contributed by atoms with E-state index in [1.165, 1.54) is 18.2 Å². The summed E-state index contributed by atoms with van der Waals surface area (Å²) >= 11 is 0. The molecule has 158 valence electrons. The van der Waals surface area contributed by atoms with Gasteiger partial charge in [0, 0.05) is 16.7 Å². The second kappa shape index (κ2) is 8.71. The van der Waals surface area contributed by atoms with E-state index in [1.54, 1.807) is 6.07 Å². The molecule has 0 radical (unpaired) electrons. The van der Waals surface area contributed by atoms with Crippen LogP contribution in [0.15, 0.2) is 36.4 Å². The average Bonchev–Trinajstić information content (AvgIpc) is 2.58. The number of rotatable bonds is 3. The molecule has 0 aliphatic heterocycles. The van der Waals surface area contributed by atoms with Gasteiger partial charge < -0.3 is 11.5 Å². The Hall–Kier alpha value is -2.12. The van der Waals surface area contributed by atoms with Crippen LogP contribution in [-0.4, -0.2) is 5.91 Å². The van der Waals surface area contributed by atoms with Gasteiger partial charge in [-0.1, -0.05) is 30.7 Å². The molecule has 2 aliphatic carbocycles. The van der Waals surface area contributed by atoms with Crippen LogP contribution in [0.5, 0.6) is 0 Å². The molecule has 0 unspecified atom stereocenters. The number of halogens is 5. The van der Waals surface area contributed by atoms with Gasteiger partial charge in [0.25, 0.3) is 0 Å². The lowest BCUT2D eigenvalue weighted by molar-refractivity contribution is -0.126. The molecule has 0 bridgehead atoms. The van der Waals surface area contributed by atoms with Crippen molar-refractivity contribution in [2.24, 2.45) is 11.5 Å². The van der Waals surface area contributed by atoms with Gasteiger partial charge in [-0.25, -0.2) is 17.6 Å². The van der Waals surface area contributed by atoms with E-state index in [1.807, 2.05) is 0 Å². The normalized spacial score (nSPS) is 18.2. The fourth-order valence-corrected chi connectivity index (χ4v) is 3.77. The summed E-state index contributed by atoms with van der Waals surface area (Å²) in [7, 11) is 0. The number of carbonyl (C=O) groups is 1. The van der Waals surface area contributed by atoms with Gasteiger partial charge >= 0.3 is 0 Å². The molecule has 8 heteroatoms. The second-order valence-corrected chi connectivity index (χ2v) is 7.51. The third-order valence-corrected chi connectivity index (χ3v) is 5.88. The zero-order chi connectivity index (χ0) is 20.5. The first-order chi connectivity index (χ1) is 13.2. The summed E-state index contributed by atoms with van der Waals surface area (Å²) in [6.45, 7) is 0. The number of primary amides is 1. The Bertz CT molecular complexity index is 898. The van der Waals surface area contributed by atoms with Crippen LogP contribution in [0, 0.1) is 23.3 Å². The maximum Gasteiger partial charge on any atom is 0.228 e. The summed E-state index contributed by atoms with van der Waals surface area (Å²) in [5.74, 6) is -4.05. The number of carbonyl (C=O) groups excluding carboxylic acids is 1. The van der Waals surface area contributed by atoms with Gasteiger partial charge in [0.1, 0.15) is 0 Å². The molecule has 4 rings (SSSR count). The zero-order valence-electron chi connectivity index (χ0n) is 15.7. The molecule has 2 aromatic rings. The first-order valence-electron chi connectivity index (χ1n) is 9.19. The molecule has 2 fully saturated rings. The van der Waals surface area contributed by atoms with E-state index in [0.29, 0.717) is 18.4 Å². The minimum absolute atomic E-state index is 0. The van der Waals surface area contributed by atoms with Crippen LogP contribution in [0.25, 0.3) is 0 Å². The van der Waals surface area contributed by atoms with E-state index in [4.69, 9.17) is 11.5 Å². The molecule has 0 heterocycles. The van der Waals surface area contributed by atoms with E-state index in [-0.39, 0.29) is 18.0 Å². The minimum Gasteiger partial charge on any atom is -0.369 e. The second-order valence-electron chi connectivity index (χ2n) is 7.51. The zero-order valence-corrected chi connectivity index (χ0v) is 16.5. The molecular weight excluding hydrogens is 408 g/mol. The smallest absolute Gasteiger partial charge is 0.228 e. The van der Waals surface area contributed by atoms with Crippen molar-refractivity contribution >= 4 is 18.3 Å². The molecular formula is C21H23ClF4N2O. The third-order valence-electron chi connectivity index (χ3n) is 5.88. The predicted octanol–water partition coefficient (Wildman–Crippen LogP) is 4.60. The summed E-state index contributed by atoms with van der Waals surface area (Å²) in [6.07, 6.45) is 4.30. The Morgan fingerprint density at radius 1 is 0.793 bits per heavy atom. The molecule has 1 amide bonds. The largest absolute Gasteiger partial charge is 0.369 e. The Kier molecular flexibility index (Phi) is 6.96. The Morgan fingerprint density at radius 3 is 1.62 bits per heavy atom. The van der Waals surface area contributed by atoms with Crippen molar-refractivity contribution in [3.05, 3.63) is 70.8 Å². The van der Waals surface area contributed by atoms with E-state index in [9.17, 15) is 22.4 Å². The van der Waals surface area contributed by atoms with Crippen LogP contribution < -0.4 is 11.5 Å². The van der Waals surface area contributed by atoms with Crippen molar-refractivity contribution in [2.75, 3.05) is 0 Å². The van der Waals surface area contributed by atoms with Gasteiger partial charge in [0.15, 0.2) is 23.3 Å². The van der Waals surface area contributed by atoms with Gasteiger partial charge in [0.05, 0.1) is 5.41 Å². The van der Waals surface area contributed by atoms with Crippen LogP contribution >= 0.6 is 12.4 Å². The third kappa shape index (κ3) is 4.12. The fraction of sp³-hybridized carbons (Fsp3) is 0.381. The number of hydrogen-bond acceptors (Lipinski definition) is 2. The summed E-state index contributed by atoms with van der Waals surface area (Å²) < 4.78 is 52.6. The average molecular weight is 431 g/mol. The molecule has 0 aromatic heterocycles. The lowest BCUT2D eigenvalue weighted by Crippen LogP contribution is -2.47. The highest BCUT2D eigenvalue weighted by atomic mass is 35.5. The molecule has 29 heavy (non-hydrogen) atoms. The van der Waals surface area contributed by atoms with Gasteiger partial charge in [-0.05, 0) is 44.2 Å². The molecule has 2 saturated carbocycles. The lowest BCUT2D eigenvalue weighted by Gasteiger charge is -2.39. The molecule has 0 spiro atoms. The molecule has 2 aliphatic rings. The quantitative estimate of drug-likeness (QED) is 0.699. The van der Waals surface area contributed by atoms with Gasteiger partial charge in [-0.15, -0.1) is 12.4 Å². The predicted molar refractivity (Wildman–Crippen MR) is 104 cm³/mol. The fourth-order valence-electron chi connectivity index (χ4n) is 3.77. The highest BCUT2D eigenvalue weighted by Gasteiger charge is 2.46. The molecule has 3 nitrogen and oxygen atoms in total. The summed E-state index contributed by atoms with van der Waals surface area (Å²) in [5, 5.41) is 0. The van der Waals surface area contributed by atoms with E-state index in [0.717, 1.165) is 37.8 Å². The first-order valence-corrected chi connectivity index (χ1v) is 9.19. The van der Waals surface area contributed by atoms with Crippen LogP contribution in [0.1, 0.15) is 49.7 Å². The lowest BCUT2D eigenvalue weighted by atomic mass is 9.64. The monoisotopic (exact) mass is 430 g/mol. The van der Waals surface area contributed by atoms with Crippen molar-refractivity contribution in [1.82, 2.24) is 0 Å². The van der Waals surface area contributed by atoms with Gasteiger partial charge in [0.2, 0.25) is 5.91 Å². The standard InChI is InChI=1S/C11H11F2NO.C10H11F2N.ClH/c12-8-4-1-3-7(9(8)13)11(10(14)15)5-2-6-11;11-8-4-1-3-7(9(8)12)10(13)5-2-6-10;/h1,3-4H,2,5-6H2,(H2,14,15);1,3-4H,2,5-6,13H2;1H. The number of amides is 1. The van der Waals surface area contributed by atoms with Crippen molar-refractivity contribution in [1.29, 1.82) is 0 Å². The minimum atomic E-state index is -0.980. The van der Waals surface area contributed by atoms with Crippen LogP contribution in [0.4, 0.5) is 17.6 Å². The summed E-state index contributed by atoms with van der Waals surface area (Å²) in [4.78, 5) is 11.3. The highest BCUT2D eigenvalue weighted by Crippen LogP contribution is 2.44. The molecule has 2 aromatic carbocycles.